The smallest absolute Gasteiger partial charge is 0.0154 e. The molecule has 0 spiro atoms. The highest BCUT2D eigenvalue weighted by Crippen LogP contribution is 2.04. The van der Waals surface area contributed by atoms with E-state index in [-0.39, 0.29) is 0 Å². The number of nitrogens with one attached hydrogen (secondary N) is 1. The molecule has 46 valence electrons. The van der Waals surface area contributed by atoms with Crippen molar-refractivity contribution in [2.45, 2.75) is 12.8 Å². The Bertz CT molecular complexity index is 96.7. The highest BCUT2D eigenvalue weighted by atomic mass is 14.8. The Morgan fingerprint density at radius 2 is 2.62 bits per heavy atom. The highest BCUT2D eigenvalue weighted by molar-refractivity contribution is 5.04. The average molecular weight is 112 g/mol. The summed E-state index contributed by atoms with van der Waals surface area (Å²) in [5.41, 5.74) is 6.74. The quantitative estimate of drug-likeness (QED) is 0.509. The van der Waals surface area contributed by atoms with Crippen molar-refractivity contribution in [3.05, 3.63) is 11.8 Å². The SMILES string of the molecule is NCC1=CNCCC1. The van der Waals surface area contributed by atoms with Crippen molar-refractivity contribution in [1.82, 2.24) is 5.32 Å². The van der Waals surface area contributed by atoms with Crippen LogP contribution in [0.25, 0.3) is 0 Å². The maximum absolute atomic E-state index is 5.39. The zero-order chi connectivity index (χ0) is 5.82. The second-order valence-electron chi connectivity index (χ2n) is 2.06. The second-order valence-corrected chi connectivity index (χ2v) is 2.06. The molecule has 1 rings (SSSR count). The van der Waals surface area contributed by atoms with E-state index < -0.39 is 0 Å². The van der Waals surface area contributed by atoms with Gasteiger partial charge in [-0.25, -0.2) is 0 Å². The van der Waals surface area contributed by atoms with Gasteiger partial charge in [0.25, 0.3) is 0 Å². The van der Waals surface area contributed by atoms with Gasteiger partial charge in [-0.05, 0) is 24.6 Å². The minimum absolute atomic E-state index is 0.715. The van der Waals surface area contributed by atoms with Crippen molar-refractivity contribution in [3.8, 4) is 0 Å². The van der Waals surface area contributed by atoms with Gasteiger partial charge in [-0.1, -0.05) is 0 Å². The van der Waals surface area contributed by atoms with E-state index in [1.807, 2.05) is 6.20 Å². The number of rotatable bonds is 1. The summed E-state index contributed by atoms with van der Waals surface area (Å²) in [4.78, 5) is 0. The molecule has 0 bridgehead atoms. The van der Waals surface area contributed by atoms with Crippen LogP contribution >= 0.6 is 0 Å². The van der Waals surface area contributed by atoms with Crippen LogP contribution < -0.4 is 11.1 Å². The van der Waals surface area contributed by atoms with Crippen LogP contribution in [0.15, 0.2) is 11.8 Å². The summed E-state index contributed by atoms with van der Waals surface area (Å²) in [6, 6.07) is 0. The fraction of sp³-hybridized carbons (Fsp3) is 0.667. The molecule has 1 aliphatic heterocycles. The second kappa shape index (κ2) is 2.72. The Kier molecular flexibility index (Phi) is 1.92. The van der Waals surface area contributed by atoms with E-state index in [1.165, 1.54) is 18.4 Å². The van der Waals surface area contributed by atoms with Crippen LogP contribution in [0, 0.1) is 0 Å². The van der Waals surface area contributed by atoms with Gasteiger partial charge < -0.3 is 11.1 Å². The van der Waals surface area contributed by atoms with Crippen molar-refractivity contribution < 1.29 is 0 Å². The third-order valence-corrected chi connectivity index (χ3v) is 1.39. The monoisotopic (exact) mass is 112 g/mol. The Morgan fingerprint density at radius 3 is 3.00 bits per heavy atom. The summed E-state index contributed by atoms with van der Waals surface area (Å²) in [7, 11) is 0. The molecule has 0 fully saturated rings. The van der Waals surface area contributed by atoms with E-state index in [0.29, 0.717) is 6.54 Å². The standard InChI is InChI=1S/C6H12N2/c7-4-6-2-1-3-8-5-6/h5,8H,1-4,7H2. The minimum Gasteiger partial charge on any atom is -0.391 e. The summed E-state index contributed by atoms with van der Waals surface area (Å²) in [6.07, 6.45) is 4.45. The molecule has 0 saturated heterocycles. The zero-order valence-corrected chi connectivity index (χ0v) is 4.98. The predicted molar refractivity (Wildman–Crippen MR) is 34.4 cm³/mol. The molecule has 2 nitrogen and oxygen atoms in total. The number of hydrogen-bond acceptors (Lipinski definition) is 2. The summed E-state index contributed by atoms with van der Waals surface area (Å²) in [6.45, 7) is 1.83. The Labute approximate surface area is 49.8 Å². The van der Waals surface area contributed by atoms with Crippen molar-refractivity contribution in [2.24, 2.45) is 5.73 Å². The van der Waals surface area contributed by atoms with Crippen LogP contribution in [0.5, 0.6) is 0 Å². The lowest BCUT2D eigenvalue weighted by molar-refractivity contribution is 0.689. The van der Waals surface area contributed by atoms with Crippen LogP contribution in [-0.4, -0.2) is 13.1 Å². The van der Waals surface area contributed by atoms with Crippen LogP contribution in [-0.2, 0) is 0 Å². The van der Waals surface area contributed by atoms with Crippen LogP contribution in [0.2, 0.25) is 0 Å². The molecule has 0 aromatic rings. The first-order valence-electron chi connectivity index (χ1n) is 3.05. The first-order valence-corrected chi connectivity index (χ1v) is 3.05. The first-order chi connectivity index (χ1) is 3.93. The molecule has 1 heterocycles. The van der Waals surface area contributed by atoms with Gasteiger partial charge in [0.2, 0.25) is 0 Å². The molecular weight excluding hydrogens is 100 g/mol. The van der Waals surface area contributed by atoms with Gasteiger partial charge >= 0.3 is 0 Å². The van der Waals surface area contributed by atoms with Crippen molar-refractivity contribution in [2.75, 3.05) is 13.1 Å². The molecule has 0 unspecified atom stereocenters. The van der Waals surface area contributed by atoms with E-state index >= 15 is 0 Å². The molecule has 3 N–H and O–H groups in total. The third-order valence-electron chi connectivity index (χ3n) is 1.39. The maximum atomic E-state index is 5.39. The van der Waals surface area contributed by atoms with Gasteiger partial charge in [0.05, 0.1) is 0 Å². The van der Waals surface area contributed by atoms with E-state index in [1.54, 1.807) is 0 Å². The molecule has 0 atom stereocenters. The summed E-state index contributed by atoms with van der Waals surface area (Å²) >= 11 is 0. The fourth-order valence-corrected chi connectivity index (χ4v) is 0.867. The molecule has 0 saturated carbocycles. The van der Waals surface area contributed by atoms with Crippen LogP contribution in [0.4, 0.5) is 0 Å². The zero-order valence-electron chi connectivity index (χ0n) is 4.98. The van der Waals surface area contributed by atoms with Crippen LogP contribution in [0.1, 0.15) is 12.8 Å². The van der Waals surface area contributed by atoms with Gasteiger partial charge in [0.15, 0.2) is 0 Å². The van der Waals surface area contributed by atoms with E-state index in [0.717, 1.165) is 6.54 Å². The van der Waals surface area contributed by atoms with Gasteiger partial charge in [-0.3, -0.25) is 0 Å². The van der Waals surface area contributed by atoms with Gasteiger partial charge in [-0.15, -0.1) is 0 Å². The van der Waals surface area contributed by atoms with E-state index in [9.17, 15) is 0 Å². The Balaban J connectivity index is 2.37. The lowest BCUT2D eigenvalue weighted by Crippen LogP contribution is -2.17. The maximum Gasteiger partial charge on any atom is 0.0154 e. The van der Waals surface area contributed by atoms with E-state index in [4.69, 9.17) is 5.73 Å². The van der Waals surface area contributed by atoms with Crippen molar-refractivity contribution >= 4 is 0 Å². The topological polar surface area (TPSA) is 38.0 Å². The number of nitrogens with two attached hydrogens (primary N) is 1. The average Bonchev–Trinajstić information content (AvgIpc) is 1.90. The summed E-state index contributed by atoms with van der Waals surface area (Å²) in [5, 5.41) is 3.14. The molecule has 8 heavy (non-hydrogen) atoms. The van der Waals surface area contributed by atoms with Crippen molar-refractivity contribution in [1.29, 1.82) is 0 Å². The molecule has 0 aromatic carbocycles. The molecule has 2 heteroatoms. The largest absolute Gasteiger partial charge is 0.391 e. The number of hydrogen-bond donors (Lipinski definition) is 2. The molecular formula is C6H12N2. The highest BCUT2D eigenvalue weighted by Gasteiger charge is 1.98. The summed E-state index contributed by atoms with van der Waals surface area (Å²) < 4.78 is 0. The van der Waals surface area contributed by atoms with E-state index in [2.05, 4.69) is 5.32 Å². The lowest BCUT2D eigenvalue weighted by atomic mass is 10.1. The molecule has 0 amide bonds. The Morgan fingerprint density at radius 1 is 1.75 bits per heavy atom. The summed E-state index contributed by atoms with van der Waals surface area (Å²) in [5.74, 6) is 0. The molecule has 0 aliphatic carbocycles. The minimum atomic E-state index is 0.715. The molecule has 0 aromatic heterocycles. The third kappa shape index (κ3) is 1.23. The van der Waals surface area contributed by atoms with Crippen LogP contribution in [0.3, 0.4) is 0 Å². The van der Waals surface area contributed by atoms with Gasteiger partial charge in [0.1, 0.15) is 0 Å². The van der Waals surface area contributed by atoms with Gasteiger partial charge in [-0.2, -0.15) is 0 Å². The molecule has 1 aliphatic rings. The predicted octanol–water partition coefficient (Wildman–Crippen LogP) is 0.212. The van der Waals surface area contributed by atoms with Crippen molar-refractivity contribution in [3.63, 3.8) is 0 Å². The first kappa shape index (κ1) is 5.63. The normalized spacial score (nSPS) is 19.4. The molecule has 0 radical (unpaired) electrons. The lowest BCUT2D eigenvalue weighted by Gasteiger charge is -2.11. The fourth-order valence-electron chi connectivity index (χ4n) is 0.867. The Hall–Kier alpha value is -0.500. The van der Waals surface area contributed by atoms with Gasteiger partial charge in [0, 0.05) is 13.1 Å².